The van der Waals surface area contributed by atoms with Gasteiger partial charge in [0.1, 0.15) is 0 Å². The Kier molecular flexibility index (Phi) is 5.43. The standard InChI is InChI=1S/C19H27N5O3/c1-10-7-6-8-15(13(10)4)21-17(25)14(5)27-18(26)16-22-19-20-11(2)9-12(3)24(19)23-16/h9-10,13-15H,6-8H2,1-5H3,(H,21,25)/t10-,13-,14+,15+/m0/s1. The zero-order valence-electron chi connectivity index (χ0n) is 16.5. The van der Waals surface area contributed by atoms with E-state index in [0.717, 1.165) is 24.2 Å². The number of esters is 1. The monoisotopic (exact) mass is 373 g/mol. The van der Waals surface area contributed by atoms with E-state index in [1.165, 1.54) is 10.9 Å². The van der Waals surface area contributed by atoms with Crippen LogP contribution in [0.1, 0.15) is 62.0 Å². The molecule has 1 saturated carbocycles. The molecule has 1 aliphatic rings. The van der Waals surface area contributed by atoms with E-state index in [-0.39, 0.29) is 17.8 Å². The Morgan fingerprint density at radius 3 is 2.74 bits per heavy atom. The number of aryl methyl sites for hydroxylation is 2. The maximum Gasteiger partial charge on any atom is 0.379 e. The topological polar surface area (TPSA) is 98.5 Å². The van der Waals surface area contributed by atoms with Gasteiger partial charge in [0.05, 0.1) is 0 Å². The van der Waals surface area contributed by atoms with Gasteiger partial charge in [-0.2, -0.15) is 4.98 Å². The molecule has 2 heterocycles. The fourth-order valence-electron chi connectivity index (χ4n) is 3.61. The van der Waals surface area contributed by atoms with E-state index in [2.05, 4.69) is 34.2 Å². The van der Waals surface area contributed by atoms with Crippen molar-refractivity contribution in [2.75, 3.05) is 0 Å². The molecule has 0 aliphatic heterocycles. The molecule has 0 radical (unpaired) electrons. The van der Waals surface area contributed by atoms with Crippen LogP contribution < -0.4 is 5.32 Å². The van der Waals surface area contributed by atoms with Crippen LogP contribution in [0.15, 0.2) is 6.07 Å². The number of ether oxygens (including phenoxy) is 1. The van der Waals surface area contributed by atoms with Crippen LogP contribution in [0.5, 0.6) is 0 Å². The number of nitrogens with zero attached hydrogens (tertiary/aromatic N) is 4. The lowest BCUT2D eigenvalue weighted by Gasteiger charge is -2.35. The number of hydrogen-bond acceptors (Lipinski definition) is 6. The molecule has 2 aromatic heterocycles. The summed E-state index contributed by atoms with van der Waals surface area (Å²) in [6.07, 6.45) is 2.33. The van der Waals surface area contributed by atoms with Gasteiger partial charge < -0.3 is 10.1 Å². The van der Waals surface area contributed by atoms with Crippen LogP contribution >= 0.6 is 0 Å². The molecule has 1 amide bonds. The highest BCUT2D eigenvalue weighted by Gasteiger charge is 2.30. The van der Waals surface area contributed by atoms with Crippen LogP contribution in [0.2, 0.25) is 0 Å². The molecule has 0 aromatic carbocycles. The van der Waals surface area contributed by atoms with Gasteiger partial charge in [-0.1, -0.05) is 26.7 Å². The first-order chi connectivity index (χ1) is 12.8. The summed E-state index contributed by atoms with van der Waals surface area (Å²) < 4.78 is 6.77. The van der Waals surface area contributed by atoms with Crippen LogP contribution in [0, 0.1) is 25.7 Å². The molecule has 0 saturated heterocycles. The average molecular weight is 373 g/mol. The third kappa shape index (κ3) is 4.09. The fourth-order valence-corrected chi connectivity index (χ4v) is 3.61. The van der Waals surface area contributed by atoms with Crippen molar-refractivity contribution in [2.24, 2.45) is 11.8 Å². The van der Waals surface area contributed by atoms with Crippen molar-refractivity contribution in [3.05, 3.63) is 23.3 Å². The first-order valence-electron chi connectivity index (χ1n) is 9.48. The van der Waals surface area contributed by atoms with Gasteiger partial charge in [0, 0.05) is 17.4 Å². The normalized spacial score (nSPS) is 23.8. The molecule has 0 bridgehead atoms. The van der Waals surface area contributed by atoms with E-state index < -0.39 is 12.1 Å². The first kappa shape index (κ1) is 19.3. The first-order valence-corrected chi connectivity index (χ1v) is 9.48. The summed E-state index contributed by atoms with van der Waals surface area (Å²) in [5.41, 5.74) is 1.60. The lowest BCUT2D eigenvalue weighted by atomic mass is 9.78. The third-order valence-electron chi connectivity index (χ3n) is 5.49. The van der Waals surface area contributed by atoms with Gasteiger partial charge in [-0.05, 0) is 45.1 Å². The Hall–Kier alpha value is -2.51. The summed E-state index contributed by atoms with van der Waals surface area (Å²) in [4.78, 5) is 33.2. The van der Waals surface area contributed by atoms with Crippen LogP contribution in [0.3, 0.4) is 0 Å². The predicted octanol–water partition coefficient (Wildman–Crippen LogP) is 2.23. The van der Waals surface area contributed by atoms with Crippen LogP contribution in [-0.2, 0) is 9.53 Å². The minimum atomic E-state index is -0.913. The Balaban J connectivity index is 1.65. The van der Waals surface area contributed by atoms with Crippen molar-refractivity contribution in [1.29, 1.82) is 0 Å². The molecule has 1 N–H and O–H groups in total. The van der Waals surface area contributed by atoms with Gasteiger partial charge in [-0.3, -0.25) is 4.79 Å². The zero-order chi connectivity index (χ0) is 19.7. The molecule has 8 nitrogen and oxygen atoms in total. The molecule has 146 valence electrons. The number of carbonyl (C=O) groups excluding carboxylic acids is 2. The number of amides is 1. The molecule has 2 aromatic rings. The predicted molar refractivity (Wildman–Crippen MR) is 99.2 cm³/mol. The van der Waals surface area contributed by atoms with Crippen molar-refractivity contribution in [2.45, 2.75) is 66.0 Å². The SMILES string of the molecule is Cc1cc(C)n2nc(C(=O)O[C@H](C)C(=O)N[C@@H]3CCC[C@H](C)[C@@H]3C)nc2n1. The third-order valence-corrected chi connectivity index (χ3v) is 5.49. The largest absolute Gasteiger partial charge is 0.447 e. The highest BCUT2D eigenvalue weighted by molar-refractivity contribution is 5.89. The molecule has 0 spiro atoms. The van der Waals surface area contributed by atoms with Gasteiger partial charge in [0.2, 0.25) is 0 Å². The van der Waals surface area contributed by atoms with Gasteiger partial charge in [-0.25, -0.2) is 14.3 Å². The summed E-state index contributed by atoms with van der Waals surface area (Å²) in [7, 11) is 0. The Bertz CT molecular complexity index is 862. The van der Waals surface area contributed by atoms with Crippen molar-refractivity contribution in [3.63, 3.8) is 0 Å². The van der Waals surface area contributed by atoms with Gasteiger partial charge in [-0.15, -0.1) is 5.10 Å². The van der Waals surface area contributed by atoms with Crippen molar-refractivity contribution in [3.8, 4) is 0 Å². The van der Waals surface area contributed by atoms with Crippen molar-refractivity contribution >= 4 is 17.7 Å². The second-order valence-electron chi connectivity index (χ2n) is 7.62. The highest BCUT2D eigenvalue weighted by atomic mass is 16.5. The van der Waals surface area contributed by atoms with E-state index in [4.69, 9.17) is 4.74 Å². The fraction of sp³-hybridized carbons (Fsp3) is 0.632. The summed E-state index contributed by atoms with van der Waals surface area (Å²) in [5, 5.41) is 7.16. The maximum absolute atomic E-state index is 12.5. The summed E-state index contributed by atoms with van der Waals surface area (Å²) >= 11 is 0. The van der Waals surface area contributed by atoms with Crippen molar-refractivity contribution < 1.29 is 14.3 Å². The highest BCUT2D eigenvalue weighted by Crippen LogP contribution is 2.29. The summed E-state index contributed by atoms with van der Waals surface area (Å²) in [6, 6.07) is 1.96. The summed E-state index contributed by atoms with van der Waals surface area (Å²) in [5.74, 6) is 0.192. The summed E-state index contributed by atoms with van der Waals surface area (Å²) in [6.45, 7) is 9.63. The minimum Gasteiger partial charge on any atom is -0.447 e. The average Bonchev–Trinajstić information content (AvgIpc) is 3.03. The van der Waals surface area contributed by atoms with Crippen LogP contribution in [0.25, 0.3) is 5.78 Å². The molecule has 8 heteroatoms. The number of aromatic nitrogens is 4. The molecule has 3 rings (SSSR count). The molecule has 0 unspecified atom stereocenters. The van der Waals surface area contributed by atoms with E-state index in [1.807, 2.05) is 19.9 Å². The molecular weight excluding hydrogens is 346 g/mol. The number of fused-ring (bicyclic) bond motifs is 1. The smallest absolute Gasteiger partial charge is 0.379 e. The lowest BCUT2D eigenvalue weighted by molar-refractivity contribution is -0.130. The Morgan fingerprint density at radius 1 is 1.26 bits per heavy atom. The van der Waals surface area contributed by atoms with Crippen LogP contribution in [-0.4, -0.2) is 43.6 Å². The second-order valence-corrected chi connectivity index (χ2v) is 7.62. The van der Waals surface area contributed by atoms with Gasteiger partial charge in [0.15, 0.2) is 6.10 Å². The number of rotatable bonds is 4. The number of carbonyl (C=O) groups is 2. The van der Waals surface area contributed by atoms with E-state index >= 15 is 0 Å². The van der Waals surface area contributed by atoms with Gasteiger partial charge >= 0.3 is 5.97 Å². The van der Waals surface area contributed by atoms with Crippen molar-refractivity contribution in [1.82, 2.24) is 24.9 Å². The molecule has 4 atom stereocenters. The maximum atomic E-state index is 12.5. The van der Waals surface area contributed by atoms with E-state index in [0.29, 0.717) is 17.6 Å². The number of nitrogens with one attached hydrogen (secondary N) is 1. The molecule has 1 fully saturated rings. The van der Waals surface area contributed by atoms with Gasteiger partial charge in [0.25, 0.3) is 17.5 Å². The Labute approximate surface area is 158 Å². The Morgan fingerprint density at radius 2 is 2.00 bits per heavy atom. The molecule has 27 heavy (non-hydrogen) atoms. The number of hydrogen-bond donors (Lipinski definition) is 1. The minimum absolute atomic E-state index is 0.101. The molecular formula is C19H27N5O3. The van der Waals surface area contributed by atoms with E-state index in [1.54, 1.807) is 6.92 Å². The second kappa shape index (κ2) is 7.62. The van der Waals surface area contributed by atoms with E-state index in [9.17, 15) is 9.59 Å². The van der Waals surface area contributed by atoms with Crippen LogP contribution in [0.4, 0.5) is 0 Å². The quantitative estimate of drug-likeness (QED) is 0.825. The lowest BCUT2D eigenvalue weighted by Crippen LogP contribution is -2.47. The zero-order valence-corrected chi connectivity index (χ0v) is 16.5. The molecule has 1 aliphatic carbocycles.